The first-order valence-electron chi connectivity index (χ1n) is 8.47. The van der Waals surface area contributed by atoms with E-state index in [1.54, 1.807) is 16.4 Å². The third-order valence-electron chi connectivity index (χ3n) is 4.50. The molecule has 3 rings (SSSR count). The molecule has 1 atom stereocenters. The minimum Gasteiger partial charge on any atom is -0.367 e. The summed E-state index contributed by atoms with van der Waals surface area (Å²) in [6, 6.07) is 9.26. The number of aromatic amines is 1. The standard InChI is InChI=1S/C18H25N3O2S/c1-15-3-2-10-21(14-15)24(22,23)18-6-4-16(5-7-18)11-20-13-17-8-9-19-12-17/h4-9,12,15,19-20H,2-3,10-11,13-14H2,1H3/t15-/m0/s1. The summed E-state index contributed by atoms with van der Waals surface area (Å²) in [6.07, 6.45) is 5.92. The summed E-state index contributed by atoms with van der Waals surface area (Å²) >= 11 is 0. The number of benzene rings is 1. The number of H-pyrrole nitrogens is 1. The molecule has 1 aromatic carbocycles. The molecule has 1 aliphatic rings. The van der Waals surface area contributed by atoms with E-state index in [0.717, 1.165) is 24.9 Å². The molecule has 2 heterocycles. The van der Waals surface area contributed by atoms with E-state index in [1.807, 2.05) is 30.6 Å². The van der Waals surface area contributed by atoms with E-state index < -0.39 is 10.0 Å². The zero-order chi connectivity index (χ0) is 17.0. The molecule has 1 aliphatic heterocycles. The second kappa shape index (κ2) is 7.51. The van der Waals surface area contributed by atoms with Crippen molar-refractivity contribution < 1.29 is 8.42 Å². The van der Waals surface area contributed by atoms with Crippen molar-refractivity contribution in [1.29, 1.82) is 0 Å². The molecule has 130 valence electrons. The highest BCUT2D eigenvalue weighted by atomic mass is 32.2. The average molecular weight is 347 g/mol. The Morgan fingerprint density at radius 3 is 2.58 bits per heavy atom. The van der Waals surface area contributed by atoms with Crippen LogP contribution in [0.25, 0.3) is 0 Å². The number of rotatable bonds is 6. The molecule has 1 fully saturated rings. The Balaban J connectivity index is 1.60. The topological polar surface area (TPSA) is 65.2 Å². The highest BCUT2D eigenvalue weighted by molar-refractivity contribution is 7.89. The van der Waals surface area contributed by atoms with Crippen LogP contribution in [0, 0.1) is 5.92 Å². The summed E-state index contributed by atoms with van der Waals surface area (Å²) in [5.74, 6) is 0.436. The van der Waals surface area contributed by atoms with Crippen molar-refractivity contribution >= 4 is 10.0 Å². The maximum atomic E-state index is 12.7. The Labute approximate surface area is 144 Å². The molecule has 24 heavy (non-hydrogen) atoms. The summed E-state index contributed by atoms with van der Waals surface area (Å²) < 4.78 is 27.1. The Hall–Kier alpha value is -1.63. The van der Waals surface area contributed by atoms with E-state index in [-0.39, 0.29) is 0 Å². The molecule has 0 aliphatic carbocycles. The Bertz CT molecular complexity index is 739. The molecule has 5 nitrogen and oxygen atoms in total. The first-order valence-corrected chi connectivity index (χ1v) is 9.91. The first kappa shape index (κ1) is 17.2. The van der Waals surface area contributed by atoms with Crippen LogP contribution >= 0.6 is 0 Å². The number of nitrogens with one attached hydrogen (secondary N) is 2. The number of aromatic nitrogens is 1. The van der Waals surface area contributed by atoms with Gasteiger partial charge in [0.15, 0.2) is 0 Å². The summed E-state index contributed by atoms with van der Waals surface area (Å²) in [7, 11) is -3.36. The minimum atomic E-state index is -3.36. The van der Waals surface area contributed by atoms with Crippen molar-refractivity contribution in [3.8, 4) is 0 Å². The van der Waals surface area contributed by atoms with Crippen LogP contribution in [0.3, 0.4) is 0 Å². The maximum Gasteiger partial charge on any atom is 0.243 e. The summed E-state index contributed by atoms with van der Waals surface area (Å²) in [4.78, 5) is 3.42. The van der Waals surface area contributed by atoms with Crippen LogP contribution in [0.5, 0.6) is 0 Å². The molecular formula is C18H25N3O2S. The summed E-state index contributed by atoms with van der Waals surface area (Å²) in [6.45, 7) is 4.87. The van der Waals surface area contributed by atoms with Gasteiger partial charge >= 0.3 is 0 Å². The van der Waals surface area contributed by atoms with Gasteiger partial charge in [0, 0.05) is 38.6 Å². The normalized spacial score (nSPS) is 19.5. The second-order valence-corrected chi connectivity index (χ2v) is 8.52. The molecule has 2 aromatic rings. The lowest BCUT2D eigenvalue weighted by Gasteiger charge is -2.30. The lowest BCUT2D eigenvalue weighted by atomic mass is 10.0. The van der Waals surface area contributed by atoms with Gasteiger partial charge < -0.3 is 10.3 Å². The van der Waals surface area contributed by atoms with Crippen LogP contribution in [0.15, 0.2) is 47.6 Å². The number of nitrogens with zero attached hydrogens (tertiary/aromatic N) is 1. The van der Waals surface area contributed by atoms with E-state index in [9.17, 15) is 8.42 Å². The molecule has 0 amide bonds. The zero-order valence-corrected chi connectivity index (χ0v) is 14.8. The average Bonchev–Trinajstić information content (AvgIpc) is 3.09. The number of hydrogen-bond donors (Lipinski definition) is 2. The van der Waals surface area contributed by atoms with Gasteiger partial charge in [0.2, 0.25) is 10.0 Å². The van der Waals surface area contributed by atoms with Crippen LogP contribution in [0.4, 0.5) is 0 Å². The third-order valence-corrected chi connectivity index (χ3v) is 6.38. The minimum absolute atomic E-state index is 0.394. The van der Waals surface area contributed by atoms with Crippen molar-refractivity contribution in [2.45, 2.75) is 37.8 Å². The van der Waals surface area contributed by atoms with E-state index in [4.69, 9.17) is 0 Å². The van der Waals surface area contributed by atoms with Crippen LogP contribution in [0.2, 0.25) is 0 Å². The SMILES string of the molecule is C[C@H]1CCCN(S(=O)(=O)c2ccc(CNCc3cc[nH]c3)cc2)C1. The maximum absolute atomic E-state index is 12.7. The van der Waals surface area contributed by atoms with Gasteiger partial charge in [-0.05, 0) is 48.1 Å². The van der Waals surface area contributed by atoms with Gasteiger partial charge in [-0.25, -0.2) is 8.42 Å². The quantitative estimate of drug-likeness (QED) is 0.844. The largest absolute Gasteiger partial charge is 0.367 e. The number of sulfonamides is 1. The van der Waals surface area contributed by atoms with Crippen molar-refractivity contribution in [3.63, 3.8) is 0 Å². The molecule has 0 saturated carbocycles. The smallest absolute Gasteiger partial charge is 0.243 e. The van der Waals surface area contributed by atoms with Gasteiger partial charge in [0.1, 0.15) is 0 Å². The zero-order valence-electron chi connectivity index (χ0n) is 14.0. The predicted molar refractivity (Wildman–Crippen MR) is 94.9 cm³/mol. The van der Waals surface area contributed by atoms with E-state index >= 15 is 0 Å². The van der Waals surface area contributed by atoms with Crippen LogP contribution < -0.4 is 5.32 Å². The van der Waals surface area contributed by atoms with Crippen molar-refractivity contribution in [3.05, 3.63) is 53.9 Å². The molecule has 6 heteroatoms. The van der Waals surface area contributed by atoms with E-state index in [2.05, 4.69) is 17.2 Å². The molecule has 2 N–H and O–H groups in total. The molecular weight excluding hydrogens is 322 g/mol. The first-order chi connectivity index (χ1) is 11.6. The Morgan fingerprint density at radius 2 is 1.92 bits per heavy atom. The van der Waals surface area contributed by atoms with Crippen LogP contribution in [0.1, 0.15) is 30.9 Å². The third kappa shape index (κ3) is 4.06. The fourth-order valence-electron chi connectivity index (χ4n) is 3.11. The van der Waals surface area contributed by atoms with Gasteiger partial charge in [-0.1, -0.05) is 19.1 Å². The Morgan fingerprint density at radius 1 is 1.17 bits per heavy atom. The van der Waals surface area contributed by atoms with Gasteiger partial charge in [-0.15, -0.1) is 0 Å². The summed E-state index contributed by atoms with van der Waals surface area (Å²) in [5, 5.41) is 3.35. The number of piperidine rings is 1. The molecule has 0 unspecified atom stereocenters. The van der Waals surface area contributed by atoms with Crippen molar-refractivity contribution in [2.24, 2.45) is 5.92 Å². The predicted octanol–water partition coefficient (Wildman–Crippen LogP) is 2.73. The Kier molecular flexibility index (Phi) is 5.38. The van der Waals surface area contributed by atoms with Crippen molar-refractivity contribution in [1.82, 2.24) is 14.6 Å². The summed E-state index contributed by atoms with van der Waals surface area (Å²) in [5.41, 5.74) is 2.28. The van der Waals surface area contributed by atoms with Gasteiger partial charge in [-0.3, -0.25) is 0 Å². The van der Waals surface area contributed by atoms with E-state index in [1.165, 1.54) is 5.56 Å². The number of hydrogen-bond acceptors (Lipinski definition) is 3. The molecule has 1 saturated heterocycles. The fourth-order valence-corrected chi connectivity index (χ4v) is 4.71. The fraction of sp³-hybridized carbons (Fsp3) is 0.444. The van der Waals surface area contributed by atoms with Gasteiger partial charge in [0.05, 0.1) is 4.90 Å². The van der Waals surface area contributed by atoms with Gasteiger partial charge in [0.25, 0.3) is 0 Å². The monoisotopic (exact) mass is 347 g/mol. The molecule has 0 radical (unpaired) electrons. The second-order valence-electron chi connectivity index (χ2n) is 6.58. The van der Waals surface area contributed by atoms with Crippen LogP contribution in [-0.2, 0) is 23.1 Å². The molecule has 0 spiro atoms. The lowest BCUT2D eigenvalue weighted by Crippen LogP contribution is -2.39. The van der Waals surface area contributed by atoms with Crippen molar-refractivity contribution in [2.75, 3.05) is 13.1 Å². The van der Waals surface area contributed by atoms with Gasteiger partial charge in [-0.2, -0.15) is 4.31 Å². The lowest BCUT2D eigenvalue weighted by molar-refractivity contribution is 0.281. The highest BCUT2D eigenvalue weighted by Crippen LogP contribution is 2.23. The van der Waals surface area contributed by atoms with E-state index in [0.29, 0.717) is 30.4 Å². The molecule has 0 bridgehead atoms. The van der Waals surface area contributed by atoms with Crippen LogP contribution in [-0.4, -0.2) is 30.8 Å². The molecule has 1 aromatic heterocycles. The highest BCUT2D eigenvalue weighted by Gasteiger charge is 2.28.